The first-order valence-electron chi connectivity index (χ1n) is 6.91. The van der Waals surface area contributed by atoms with Crippen molar-refractivity contribution in [1.29, 1.82) is 0 Å². The molecule has 0 aliphatic heterocycles. The first-order chi connectivity index (χ1) is 10.4. The minimum atomic E-state index is -4.57. The van der Waals surface area contributed by atoms with E-state index in [0.29, 0.717) is 17.4 Å². The zero-order valence-corrected chi connectivity index (χ0v) is 14.0. The van der Waals surface area contributed by atoms with Crippen LogP contribution in [0.15, 0.2) is 65.6 Å². The normalized spacial score (nSPS) is 11.4. The zero-order chi connectivity index (χ0) is 15.9. The van der Waals surface area contributed by atoms with Crippen molar-refractivity contribution in [2.45, 2.75) is 18.2 Å². The standard InChI is InChI=1S/C18H16O3S.Li/c1-12(2)11-14-8-9-16-15-6-4-3-5-13(15)7-10-17(16)18(14)22(19,20)21;/h3-10H,1,11H2,2H3,(H,19,20,21);/q;+1/p-1. The Morgan fingerprint density at radius 3 is 2.30 bits per heavy atom. The smallest absolute Gasteiger partial charge is 0.744 e. The number of fused-ring (bicyclic) bond motifs is 3. The summed E-state index contributed by atoms with van der Waals surface area (Å²) in [4.78, 5) is -0.126. The fraction of sp³-hybridized carbons (Fsp3) is 0.111. The van der Waals surface area contributed by atoms with Gasteiger partial charge in [0.2, 0.25) is 0 Å². The molecule has 0 aliphatic rings. The molecule has 0 unspecified atom stereocenters. The van der Waals surface area contributed by atoms with Gasteiger partial charge in [0.15, 0.2) is 0 Å². The molecule has 5 heteroatoms. The third kappa shape index (κ3) is 3.36. The third-order valence-electron chi connectivity index (χ3n) is 3.70. The first kappa shape index (κ1) is 17.8. The van der Waals surface area contributed by atoms with E-state index in [1.807, 2.05) is 43.3 Å². The predicted octanol–water partition coefficient (Wildman–Crippen LogP) is 1.02. The molecule has 3 aromatic carbocycles. The molecular weight excluding hydrogens is 303 g/mol. The molecular formula is C18H15LiO3S. The van der Waals surface area contributed by atoms with E-state index < -0.39 is 10.1 Å². The minimum absolute atomic E-state index is 0. The molecule has 0 amide bonds. The van der Waals surface area contributed by atoms with Crippen molar-refractivity contribution >= 4 is 31.7 Å². The summed E-state index contributed by atoms with van der Waals surface area (Å²) in [6, 6.07) is 14.9. The Labute approximate surface area is 147 Å². The molecule has 0 N–H and O–H groups in total. The molecule has 0 atom stereocenters. The molecule has 112 valence electrons. The maximum atomic E-state index is 11.8. The van der Waals surface area contributed by atoms with E-state index in [2.05, 4.69) is 6.58 Å². The first-order valence-corrected chi connectivity index (χ1v) is 8.32. The van der Waals surface area contributed by atoms with E-state index in [1.165, 1.54) is 0 Å². The fourth-order valence-corrected chi connectivity index (χ4v) is 3.77. The van der Waals surface area contributed by atoms with Gasteiger partial charge >= 0.3 is 18.9 Å². The van der Waals surface area contributed by atoms with Gasteiger partial charge in [0.25, 0.3) is 0 Å². The van der Waals surface area contributed by atoms with Crippen LogP contribution >= 0.6 is 0 Å². The molecule has 0 radical (unpaired) electrons. The molecule has 0 saturated heterocycles. The summed E-state index contributed by atoms with van der Waals surface area (Å²) in [5.41, 5.74) is 1.32. The number of rotatable bonds is 3. The number of hydrogen-bond acceptors (Lipinski definition) is 3. The van der Waals surface area contributed by atoms with Crippen LogP contribution in [-0.2, 0) is 16.5 Å². The molecule has 23 heavy (non-hydrogen) atoms. The van der Waals surface area contributed by atoms with Gasteiger partial charge in [0, 0.05) is 5.39 Å². The molecule has 3 nitrogen and oxygen atoms in total. The van der Waals surface area contributed by atoms with E-state index in [9.17, 15) is 13.0 Å². The Bertz CT molecular complexity index is 1010. The number of hydrogen-bond donors (Lipinski definition) is 0. The number of benzene rings is 3. The maximum absolute atomic E-state index is 11.8. The quantitative estimate of drug-likeness (QED) is 0.314. The van der Waals surface area contributed by atoms with Gasteiger partial charge in [0.1, 0.15) is 10.1 Å². The zero-order valence-electron chi connectivity index (χ0n) is 13.2. The molecule has 0 fully saturated rings. The van der Waals surface area contributed by atoms with Crippen molar-refractivity contribution in [2.24, 2.45) is 0 Å². The van der Waals surface area contributed by atoms with E-state index in [1.54, 1.807) is 12.1 Å². The van der Waals surface area contributed by atoms with Crippen LogP contribution in [0.3, 0.4) is 0 Å². The maximum Gasteiger partial charge on any atom is 1.00 e. The Hall–Kier alpha value is -1.57. The monoisotopic (exact) mass is 318 g/mol. The van der Waals surface area contributed by atoms with Gasteiger partial charge in [-0.15, -0.1) is 0 Å². The Morgan fingerprint density at radius 2 is 1.65 bits per heavy atom. The summed E-state index contributed by atoms with van der Waals surface area (Å²) in [6.45, 7) is 5.62. The van der Waals surface area contributed by atoms with Crippen molar-refractivity contribution in [3.63, 3.8) is 0 Å². The summed E-state index contributed by atoms with van der Waals surface area (Å²) >= 11 is 0. The van der Waals surface area contributed by atoms with E-state index >= 15 is 0 Å². The largest absolute Gasteiger partial charge is 1.00 e. The molecule has 0 spiro atoms. The number of allylic oxidation sites excluding steroid dienone is 1. The van der Waals surface area contributed by atoms with Crippen molar-refractivity contribution in [2.75, 3.05) is 0 Å². The van der Waals surface area contributed by atoms with Crippen LogP contribution in [0.4, 0.5) is 0 Å². The van der Waals surface area contributed by atoms with Crippen molar-refractivity contribution in [1.82, 2.24) is 0 Å². The van der Waals surface area contributed by atoms with Gasteiger partial charge in [0.05, 0.1) is 4.90 Å². The summed E-state index contributed by atoms with van der Waals surface area (Å²) in [5, 5.41) is 3.20. The van der Waals surface area contributed by atoms with E-state index in [-0.39, 0.29) is 23.8 Å². The second-order valence-electron chi connectivity index (χ2n) is 5.52. The minimum Gasteiger partial charge on any atom is -0.744 e. The van der Waals surface area contributed by atoms with Gasteiger partial charge in [-0.2, -0.15) is 0 Å². The molecule has 0 heterocycles. The average Bonchev–Trinajstić information content (AvgIpc) is 2.44. The van der Waals surface area contributed by atoms with Gasteiger partial charge in [-0.3, -0.25) is 0 Å². The topological polar surface area (TPSA) is 57.2 Å². The van der Waals surface area contributed by atoms with Crippen LogP contribution in [0.2, 0.25) is 0 Å². The summed E-state index contributed by atoms with van der Waals surface area (Å²) in [7, 11) is -4.57. The van der Waals surface area contributed by atoms with E-state index in [4.69, 9.17) is 0 Å². The van der Waals surface area contributed by atoms with E-state index in [0.717, 1.165) is 21.7 Å². The predicted molar refractivity (Wildman–Crippen MR) is 87.9 cm³/mol. The third-order valence-corrected chi connectivity index (χ3v) is 4.68. The SMILES string of the molecule is C=C(C)Cc1ccc2c(ccc3ccccc32)c1S(=O)(=O)[O-].[Li+]. The molecule has 3 rings (SSSR count). The van der Waals surface area contributed by atoms with Crippen LogP contribution in [0, 0.1) is 0 Å². The summed E-state index contributed by atoms with van der Waals surface area (Å²) in [6.07, 6.45) is 0.375. The summed E-state index contributed by atoms with van der Waals surface area (Å²) < 4.78 is 35.4. The van der Waals surface area contributed by atoms with Crippen molar-refractivity contribution in [3.05, 3.63) is 66.2 Å². The van der Waals surface area contributed by atoms with Crippen molar-refractivity contribution in [3.8, 4) is 0 Å². The fourth-order valence-electron chi connectivity index (χ4n) is 2.87. The molecule has 0 saturated carbocycles. The molecule has 3 aromatic rings. The second kappa shape index (κ2) is 6.50. The van der Waals surface area contributed by atoms with Gasteiger partial charge in [-0.1, -0.05) is 60.7 Å². The Kier molecular flexibility index (Phi) is 5.03. The van der Waals surface area contributed by atoms with Crippen LogP contribution in [0.5, 0.6) is 0 Å². The molecule has 0 aromatic heterocycles. The van der Waals surface area contributed by atoms with Gasteiger partial charge in [-0.05, 0) is 35.1 Å². The summed E-state index contributed by atoms with van der Waals surface area (Å²) in [5.74, 6) is 0. The second-order valence-corrected chi connectivity index (χ2v) is 6.84. The Morgan fingerprint density at radius 1 is 1.00 bits per heavy atom. The van der Waals surface area contributed by atoms with Crippen LogP contribution < -0.4 is 18.9 Å². The van der Waals surface area contributed by atoms with Crippen molar-refractivity contribution < 1.29 is 31.8 Å². The average molecular weight is 318 g/mol. The van der Waals surface area contributed by atoms with Crippen LogP contribution in [0.25, 0.3) is 21.5 Å². The molecule has 0 bridgehead atoms. The van der Waals surface area contributed by atoms with Gasteiger partial charge in [-0.25, -0.2) is 8.42 Å². The van der Waals surface area contributed by atoms with Gasteiger partial charge < -0.3 is 4.55 Å². The Balaban J connectivity index is 0.00000192. The van der Waals surface area contributed by atoms with Crippen LogP contribution in [-0.4, -0.2) is 13.0 Å². The van der Waals surface area contributed by atoms with Crippen LogP contribution in [0.1, 0.15) is 12.5 Å². The molecule has 0 aliphatic carbocycles.